The van der Waals surface area contributed by atoms with E-state index in [0.29, 0.717) is 28.6 Å². The minimum Gasteiger partial charge on any atom is -0.291 e. The van der Waals surface area contributed by atoms with Gasteiger partial charge in [0.1, 0.15) is 11.5 Å². The van der Waals surface area contributed by atoms with Crippen LogP contribution in [0.1, 0.15) is 33.7 Å². The third-order valence-electron chi connectivity index (χ3n) is 7.48. The highest BCUT2D eigenvalue weighted by molar-refractivity contribution is 7.89. The molecule has 4 aromatic rings. The Morgan fingerprint density at radius 1 is 1.02 bits per heavy atom. The van der Waals surface area contributed by atoms with Gasteiger partial charge in [0, 0.05) is 25.5 Å². The van der Waals surface area contributed by atoms with Crippen molar-refractivity contribution in [2.24, 2.45) is 5.41 Å². The number of alkyl halides is 3. The standard InChI is InChI=1S/C28H21F4N5O3S/c29-21-4-6-22(7-5-21)37-25-13-19-8-11-36(41(39,40)23-3-1-2-20(12-23)28(30,31)32)17-27(19,14-18(25)15-35-37)26(38)24-16-33-9-10-34-24/h1-7,9-10,12-13,15-16H,8,11,14,17H2/t27-/m0/s1. The van der Waals surface area contributed by atoms with E-state index in [9.17, 15) is 30.8 Å². The minimum absolute atomic E-state index is 0.0334. The van der Waals surface area contributed by atoms with E-state index in [1.807, 2.05) is 0 Å². The average Bonchev–Trinajstić information content (AvgIpc) is 3.38. The van der Waals surface area contributed by atoms with Crippen molar-refractivity contribution < 1.29 is 30.8 Å². The van der Waals surface area contributed by atoms with E-state index < -0.39 is 43.7 Å². The molecule has 0 bridgehead atoms. The van der Waals surface area contributed by atoms with Crippen LogP contribution in [-0.2, 0) is 22.6 Å². The molecule has 0 saturated carbocycles. The summed E-state index contributed by atoms with van der Waals surface area (Å²) < 4.78 is 83.6. The Kier molecular flexibility index (Phi) is 6.38. The molecule has 0 spiro atoms. The Morgan fingerprint density at radius 3 is 2.51 bits per heavy atom. The lowest BCUT2D eigenvalue weighted by atomic mass is 9.65. The van der Waals surface area contributed by atoms with Crippen molar-refractivity contribution in [1.29, 1.82) is 0 Å². The first-order valence-corrected chi connectivity index (χ1v) is 14.0. The number of ketones is 1. The van der Waals surface area contributed by atoms with Crippen LogP contribution in [0.25, 0.3) is 11.8 Å². The molecule has 0 amide bonds. The number of Topliss-reactive ketones (excluding diaryl/α,β-unsaturated/α-hetero) is 1. The van der Waals surface area contributed by atoms with Gasteiger partial charge in [-0.1, -0.05) is 11.6 Å². The number of halogens is 4. The number of fused-ring (bicyclic) bond motifs is 2. The van der Waals surface area contributed by atoms with Crippen LogP contribution in [0, 0.1) is 11.2 Å². The maximum atomic E-state index is 14.1. The molecule has 0 unspecified atom stereocenters. The maximum Gasteiger partial charge on any atom is 0.416 e. The summed E-state index contributed by atoms with van der Waals surface area (Å²) in [6, 6.07) is 9.30. The molecule has 2 aliphatic rings. The Morgan fingerprint density at radius 2 is 1.80 bits per heavy atom. The first kappa shape index (κ1) is 27.0. The molecule has 0 radical (unpaired) electrons. The second-order valence-electron chi connectivity index (χ2n) is 9.91. The molecular formula is C28H21F4N5O3S. The summed E-state index contributed by atoms with van der Waals surface area (Å²) in [5.41, 5.74) is 0.106. The highest BCUT2D eigenvalue weighted by atomic mass is 32.2. The molecule has 2 aromatic heterocycles. The molecule has 1 aliphatic heterocycles. The second-order valence-corrected chi connectivity index (χ2v) is 11.8. The summed E-state index contributed by atoms with van der Waals surface area (Å²) in [6.07, 6.45) is 2.90. The smallest absolute Gasteiger partial charge is 0.291 e. The Balaban J connectivity index is 1.44. The molecule has 1 fully saturated rings. The van der Waals surface area contributed by atoms with Gasteiger partial charge in [0.2, 0.25) is 10.0 Å². The van der Waals surface area contributed by atoms with Gasteiger partial charge >= 0.3 is 6.18 Å². The Bertz CT molecular complexity index is 1790. The van der Waals surface area contributed by atoms with Crippen molar-refractivity contribution in [3.05, 3.63) is 107 Å². The van der Waals surface area contributed by atoms with E-state index >= 15 is 0 Å². The van der Waals surface area contributed by atoms with Crippen LogP contribution in [0.5, 0.6) is 0 Å². The van der Waals surface area contributed by atoms with Gasteiger partial charge in [-0.25, -0.2) is 22.5 Å². The largest absolute Gasteiger partial charge is 0.416 e. The average molecular weight is 584 g/mol. The molecular weight excluding hydrogens is 562 g/mol. The molecule has 8 nitrogen and oxygen atoms in total. The Labute approximate surface area is 232 Å². The number of rotatable bonds is 5. The fraction of sp³-hybridized carbons (Fsp3) is 0.214. The maximum absolute atomic E-state index is 14.1. The van der Waals surface area contributed by atoms with E-state index in [2.05, 4.69) is 15.1 Å². The number of hydrogen-bond acceptors (Lipinski definition) is 6. The lowest BCUT2D eigenvalue weighted by Gasteiger charge is -2.44. The molecule has 13 heteroatoms. The summed E-state index contributed by atoms with van der Waals surface area (Å²) in [7, 11) is -4.41. The number of benzene rings is 2. The number of piperidine rings is 1. The fourth-order valence-corrected chi connectivity index (χ4v) is 7.00. The molecule has 1 saturated heterocycles. The molecule has 0 N–H and O–H groups in total. The zero-order valence-electron chi connectivity index (χ0n) is 21.2. The summed E-state index contributed by atoms with van der Waals surface area (Å²) >= 11 is 0. The predicted octanol–water partition coefficient (Wildman–Crippen LogP) is 4.72. The van der Waals surface area contributed by atoms with Crippen molar-refractivity contribution >= 4 is 21.9 Å². The fourth-order valence-electron chi connectivity index (χ4n) is 5.45. The van der Waals surface area contributed by atoms with E-state index in [1.54, 1.807) is 29.1 Å². The third-order valence-corrected chi connectivity index (χ3v) is 9.32. The van der Waals surface area contributed by atoms with Crippen molar-refractivity contribution in [3.8, 4) is 5.69 Å². The number of hydrogen-bond donors (Lipinski definition) is 0. The van der Waals surface area contributed by atoms with Crippen molar-refractivity contribution in [2.45, 2.75) is 23.9 Å². The van der Waals surface area contributed by atoms with Crippen LogP contribution in [-0.4, -0.2) is 51.3 Å². The van der Waals surface area contributed by atoms with Crippen molar-refractivity contribution in [3.63, 3.8) is 0 Å². The van der Waals surface area contributed by atoms with Crippen LogP contribution in [0.4, 0.5) is 17.6 Å². The van der Waals surface area contributed by atoms with Gasteiger partial charge in [-0.15, -0.1) is 0 Å². The number of aromatic nitrogens is 4. The molecule has 41 heavy (non-hydrogen) atoms. The zero-order valence-corrected chi connectivity index (χ0v) is 22.0. The quantitative estimate of drug-likeness (QED) is 0.249. The van der Waals surface area contributed by atoms with E-state index in [1.165, 1.54) is 30.7 Å². The molecule has 1 atom stereocenters. The molecule has 3 heterocycles. The second kappa shape index (κ2) is 9.70. The topological polar surface area (TPSA) is 98.1 Å². The van der Waals surface area contributed by atoms with Gasteiger partial charge in [-0.3, -0.25) is 9.78 Å². The molecule has 6 rings (SSSR count). The van der Waals surface area contributed by atoms with E-state index in [0.717, 1.165) is 22.5 Å². The molecule has 210 valence electrons. The van der Waals surface area contributed by atoms with Gasteiger partial charge in [0.25, 0.3) is 0 Å². The lowest BCUT2D eigenvalue weighted by Crippen LogP contribution is -2.53. The van der Waals surface area contributed by atoms with E-state index in [-0.39, 0.29) is 31.6 Å². The number of carbonyl (C=O) groups excluding carboxylic acids is 1. The van der Waals surface area contributed by atoms with Gasteiger partial charge in [-0.2, -0.15) is 22.6 Å². The molecule has 1 aliphatic carbocycles. The summed E-state index contributed by atoms with van der Waals surface area (Å²) in [4.78, 5) is 21.7. The van der Waals surface area contributed by atoms with Gasteiger partial charge in [-0.05, 0) is 66.9 Å². The highest BCUT2D eigenvalue weighted by Gasteiger charge is 2.51. The van der Waals surface area contributed by atoms with Crippen LogP contribution >= 0.6 is 0 Å². The van der Waals surface area contributed by atoms with Crippen LogP contribution < -0.4 is 0 Å². The SMILES string of the molecule is O=C(c1cnccn1)[C@]12Cc3cnn(-c4ccc(F)cc4)c3C=C1CCN(S(=O)(=O)c1cccc(C(F)(F)F)c1)C2. The number of nitrogens with zero attached hydrogens (tertiary/aromatic N) is 5. The zero-order chi connectivity index (χ0) is 29.0. The van der Waals surface area contributed by atoms with Crippen LogP contribution in [0.2, 0.25) is 0 Å². The van der Waals surface area contributed by atoms with Crippen LogP contribution in [0.15, 0.2) is 83.8 Å². The number of carbonyl (C=O) groups is 1. The third kappa shape index (κ3) is 4.64. The van der Waals surface area contributed by atoms with Crippen molar-refractivity contribution in [1.82, 2.24) is 24.1 Å². The monoisotopic (exact) mass is 583 g/mol. The molecule has 2 aromatic carbocycles. The van der Waals surface area contributed by atoms with Gasteiger partial charge < -0.3 is 0 Å². The van der Waals surface area contributed by atoms with Gasteiger partial charge in [0.15, 0.2) is 5.78 Å². The van der Waals surface area contributed by atoms with E-state index in [4.69, 9.17) is 0 Å². The van der Waals surface area contributed by atoms with Crippen molar-refractivity contribution in [2.75, 3.05) is 13.1 Å². The highest BCUT2D eigenvalue weighted by Crippen LogP contribution is 2.47. The lowest BCUT2D eigenvalue weighted by molar-refractivity contribution is -0.137. The normalized spacial score (nSPS) is 19.3. The van der Waals surface area contributed by atoms with Crippen LogP contribution in [0.3, 0.4) is 0 Å². The summed E-state index contributed by atoms with van der Waals surface area (Å²) in [6.45, 7) is -0.367. The summed E-state index contributed by atoms with van der Waals surface area (Å²) in [5, 5.41) is 4.44. The first-order chi connectivity index (χ1) is 19.5. The Hall–Kier alpha value is -4.23. The number of sulfonamides is 1. The minimum atomic E-state index is -4.73. The summed E-state index contributed by atoms with van der Waals surface area (Å²) in [5.74, 6) is -0.864. The van der Waals surface area contributed by atoms with Gasteiger partial charge in [0.05, 0.1) is 39.6 Å². The first-order valence-electron chi connectivity index (χ1n) is 12.5. The predicted molar refractivity (Wildman–Crippen MR) is 139 cm³/mol.